The maximum absolute atomic E-state index is 12.7. The fourth-order valence-electron chi connectivity index (χ4n) is 3.26. The normalized spacial score (nSPS) is 13.7. The molecule has 0 N–H and O–H groups in total. The monoisotopic (exact) mass is 306 g/mol. The molecule has 0 atom stereocenters. The van der Waals surface area contributed by atoms with Gasteiger partial charge in [-0.2, -0.15) is 0 Å². The third-order valence-corrected chi connectivity index (χ3v) is 4.70. The minimum Gasteiger partial charge on any atom is -0.497 e. The van der Waals surface area contributed by atoms with Crippen LogP contribution in [0, 0.1) is 6.92 Å². The molecule has 0 radical (unpaired) electrons. The van der Waals surface area contributed by atoms with Gasteiger partial charge in [-0.3, -0.25) is 4.79 Å². The highest BCUT2D eigenvalue weighted by Crippen LogP contribution is 2.32. The van der Waals surface area contributed by atoms with Crippen molar-refractivity contribution in [1.29, 1.82) is 0 Å². The van der Waals surface area contributed by atoms with Crippen LogP contribution in [-0.2, 0) is 13.6 Å². The molecule has 4 rings (SSSR count). The minimum atomic E-state index is 0.0332. The van der Waals surface area contributed by atoms with Crippen molar-refractivity contribution in [1.82, 2.24) is 4.57 Å². The lowest BCUT2D eigenvalue weighted by Crippen LogP contribution is -2.22. The van der Waals surface area contributed by atoms with E-state index < -0.39 is 0 Å². The van der Waals surface area contributed by atoms with E-state index in [2.05, 4.69) is 36.7 Å². The van der Waals surface area contributed by atoms with Crippen LogP contribution in [0.5, 0.6) is 5.75 Å². The molecule has 0 saturated carbocycles. The molecule has 1 aliphatic rings. The highest BCUT2D eigenvalue weighted by atomic mass is 16.5. The second-order valence-corrected chi connectivity index (χ2v) is 6.00. The number of fused-ring (bicyclic) bond motifs is 2. The fraction of sp³-hybridized carbons (Fsp3) is 0.211. The molecule has 2 aromatic carbocycles. The number of carbonyl (C=O) groups is 1. The zero-order valence-electron chi connectivity index (χ0n) is 13.5. The van der Waals surface area contributed by atoms with E-state index in [1.807, 2.05) is 29.2 Å². The van der Waals surface area contributed by atoms with E-state index in [0.29, 0.717) is 12.3 Å². The molecule has 0 bridgehead atoms. The second kappa shape index (κ2) is 4.88. The fourth-order valence-corrected chi connectivity index (χ4v) is 3.26. The number of benzene rings is 2. The van der Waals surface area contributed by atoms with Gasteiger partial charge in [0.05, 0.1) is 13.7 Å². The molecule has 1 amide bonds. The summed E-state index contributed by atoms with van der Waals surface area (Å²) >= 11 is 0. The first-order valence-corrected chi connectivity index (χ1v) is 7.63. The Labute approximate surface area is 134 Å². The summed E-state index contributed by atoms with van der Waals surface area (Å²) in [6, 6.07) is 14.0. The molecule has 3 aromatic rings. The average molecular weight is 306 g/mol. The van der Waals surface area contributed by atoms with Crippen molar-refractivity contribution in [2.45, 2.75) is 13.5 Å². The third kappa shape index (κ3) is 2.02. The van der Waals surface area contributed by atoms with Crippen LogP contribution in [0.3, 0.4) is 0 Å². The number of carbonyl (C=O) groups excluding carboxylic acids is 1. The molecule has 0 spiro atoms. The molecule has 116 valence electrons. The summed E-state index contributed by atoms with van der Waals surface area (Å²) in [4.78, 5) is 14.6. The molecule has 1 aromatic heterocycles. The Morgan fingerprint density at radius 1 is 1.09 bits per heavy atom. The van der Waals surface area contributed by atoms with E-state index in [-0.39, 0.29) is 5.91 Å². The van der Waals surface area contributed by atoms with Crippen molar-refractivity contribution in [3.05, 3.63) is 59.3 Å². The Bertz CT molecular complexity index is 940. The number of hydrogen-bond donors (Lipinski definition) is 0. The lowest BCUT2D eigenvalue weighted by atomic mass is 10.1. The van der Waals surface area contributed by atoms with Crippen molar-refractivity contribution in [2.75, 3.05) is 12.0 Å². The number of aromatic nitrogens is 1. The highest BCUT2D eigenvalue weighted by molar-refractivity contribution is 6.10. The van der Waals surface area contributed by atoms with Gasteiger partial charge in [-0.25, -0.2) is 0 Å². The van der Waals surface area contributed by atoms with Crippen LogP contribution in [0.15, 0.2) is 42.5 Å². The molecule has 0 unspecified atom stereocenters. The number of methoxy groups -OCH3 is 1. The zero-order chi connectivity index (χ0) is 16.1. The average Bonchev–Trinajstić information content (AvgIpc) is 3.04. The maximum Gasteiger partial charge on any atom is 0.259 e. The number of hydrogen-bond acceptors (Lipinski definition) is 2. The molecular weight excluding hydrogens is 288 g/mol. The van der Waals surface area contributed by atoms with Crippen molar-refractivity contribution in [3.63, 3.8) is 0 Å². The zero-order valence-corrected chi connectivity index (χ0v) is 13.5. The second-order valence-electron chi connectivity index (χ2n) is 6.00. The Morgan fingerprint density at radius 3 is 2.70 bits per heavy atom. The van der Waals surface area contributed by atoms with E-state index in [9.17, 15) is 4.79 Å². The third-order valence-electron chi connectivity index (χ3n) is 4.70. The van der Waals surface area contributed by atoms with Crippen LogP contribution >= 0.6 is 0 Å². The first kappa shape index (κ1) is 13.9. The molecular formula is C19H18N2O2. The molecule has 1 aliphatic heterocycles. The van der Waals surface area contributed by atoms with Crippen LogP contribution in [-0.4, -0.2) is 17.6 Å². The Morgan fingerprint density at radius 2 is 1.91 bits per heavy atom. The number of nitrogens with zero attached hydrogens (tertiary/aromatic N) is 2. The van der Waals surface area contributed by atoms with Gasteiger partial charge >= 0.3 is 0 Å². The number of amides is 1. The number of ether oxygens (including phenoxy) is 1. The van der Waals surface area contributed by atoms with Gasteiger partial charge in [0.1, 0.15) is 5.75 Å². The Kier molecular flexibility index (Phi) is 2.94. The van der Waals surface area contributed by atoms with E-state index >= 15 is 0 Å². The van der Waals surface area contributed by atoms with Gasteiger partial charge in [-0.05, 0) is 48.9 Å². The highest BCUT2D eigenvalue weighted by Gasteiger charge is 2.29. The summed E-state index contributed by atoms with van der Waals surface area (Å²) in [6.45, 7) is 2.69. The largest absolute Gasteiger partial charge is 0.497 e. The van der Waals surface area contributed by atoms with Crippen molar-refractivity contribution >= 4 is 22.5 Å². The van der Waals surface area contributed by atoms with Crippen molar-refractivity contribution in [3.8, 4) is 5.75 Å². The summed E-state index contributed by atoms with van der Waals surface area (Å²) in [7, 11) is 3.67. The summed E-state index contributed by atoms with van der Waals surface area (Å²) in [6.07, 6.45) is 0. The maximum atomic E-state index is 12.7. The summed E-state index contributed by atoms with van der Waals surface area (Å²) in [5.41, 5.74) is 5.09. The molecule has 0 fully saturated rings. The molecule has 23 heavy (non-hydrogen) atoms. The molecule has 0 saturated heterocycles. The van der Waals surface area contributed by atoms with Gasteiger partial charge in [0.2, 0.25) is 0 Å². The quantitative estimate of drug-likeness (QED) is 0.724. The van der Waals surface area contributed by atoms with Crippen LogP contribution in [0.25, 0.3) is 10.9 Å². The number of anilines is 1. The van der Waals surface area contributed by atoms with Crippen LogP contribution < -0.4 is 9.64 Å². The predicted octanol–water partition coefficient (Wildman–Crippen LogP) is 3.66. The van der Waals surface area contributed by atoms with Gasteiger partial charge in [0.25, 0.3) is 5.91 Å². The predicted molar refractivity (Wildman–Crippen MR) is 91.2 cm³/mol. The molecule has 2 heterocycles. The molecule has 4 heteroatoms. The summed E-state index contributed by atoms with van der Waals surface area (Å²) < 4.78 is 7.39. The van der Waals surface area contributed by atoms with E-state index in [0.717, 1.165) is 22.2 Å². The standard InChI is InChI=1S/C19H18N2O2/c1-12-8-14-9-15(5-7-18(14)20(12)2)21-11-13-4-6-16(23-3)10-17(13)19(21)22/h4-10H,11H2,1-3H3. The van der Waals surface area contributed by atoms with Gasteiger partial charge in [0, 0.05) is 34.9 Å². The minimum absolute atomic E-state index is 0.0332. The van der Waals surface area contributed by atoms with Gasteiger partial charge in [0.15, 0.2) is 0 Å². The Balaban J connectivity index is 1.76. The number of rotatable bonds is 2. The van der Waals surface area contributed by atoms with E-state index in [1.54, 1.807) is 7.11 Å². The van der Waals surface area contributed by atoms with E-state index in [4.69, 9.17) is 4.74 Å². The molecule has 4 nitrogen and oxygen atoms in total. The topological polar surface area (TPSA) is 34.5 Å². The lowest BCUT2D eigenvalue weighted by molar-refractivity contribution is 0.0996. The molecule has 0 aliphatic carbocycles. The van der Waals surface area contributed by atoms with Crippen LogP contribution in [0.1, 0.15) is 21.6 Å². The Hall–Kier alpha value is -2.75. The lowest BCUT2D eigenvalue weighted by Gasteiger charge is -2.16. The van der Waals surface area contributed by atoms with Gasteiger partial charge < -0.3 is 14.2 Å². The first-order chi connectivity index (χ1) is 11.1. The van der Waals surface area contributed by atoms with Crippen LogP contribution in [0.2, 0.25) is 0 Å². The summed E-state index contributed by atoms with van der Waals surface area (Å²) in [5, 5.41) is 1.16. The van der Waals surface area contributed by atoms with Crippen LogP contribution in [0.4, 0.5) is 5.69 Å². The van der Waals surface area contributed by atoms with Crippen molar-refractivity contribution < 1.29 is 9.53 Å². The summed E-state index contributed by atoms with van der Waals surface area (Å²) in [5.74, 6) is 0.749. The van der Waals surface area contributed by atoms with E-state index in [1.165, 1.54) is 11.2 Å². The first-order valence-electron chi connectivity index (χ1n) is 7.63. The van der Waals surface area contributed by atoms with Gasteiger partial charge in [-0.1, -0.05) is 6.07 Å². The smallest absolute Gasteiger partial charge is 0.259 e. The SMILES string of the molecule is COc1ccc2c(c1)C(=O)N(c1ccc3c(c1)cc(C)n3C)C2. The van der Waals surface area contributed by atoms with Gasteiger partial charge in [-0.15, -0.1) is 0 Å². The van der Waals surface area contributed by atoms with Crippen molar-refractivity contribution in [2.24, 2.45) is 7.05 Å². The number of aryl methyl sites for hydroxylation is 2.